The number of rotatable bonds is 5. The van der Waals surface area contributed by atoms with Crippen LogP contribution in [-0.2, 0) is 0 Å². The van der Waals surface area contributed by atoms with Crippen molar-refractivity contribution in [1.29, 1.82) is 0 Å². The number of hydrogen-bond acceptors (Lipinski definition) is 3. The predicted octanol–water partition coefficient (Wildman–Crippen LogP) is 1.55. The highest BCUT2D eigenvalue weighted by Crippen LogP contribution is 2.18. The van der Waals surface area contributed by atoms with E-state index in [2.05, 4.69) is 5.32 Å². The molecule has 0 aliphatic heterocycles. The lowest BCUT2D eigenvalue weighted by Gasteiger charge is -2.22. The van der Waals surface area contributed by atoms with Gasteiger partial charge in [-0.05, 0) is 30.2 Å². The molecule has 0 saturated heterocycles. The molecule has 0 atom stereocenters. The van der Waals surface area contributed by atoms with E-state index >= 15 is 0 Å². The van der Waals surface area contributed by atoms with E-state index in [0.29, 0.717) is 13.1 Å². The predicted molar refractivity (Wildman–Crippen MR) is 68.1 cm³/mol. The number of nitrogens with one attached hydrogen (secondary N) is 1. The van der Waals surface area contributed by atoms with Crippen LogP contribution in [0.1, 0.15) is 24.2 Å². The van der Waals surface area contributed by atoms with Crippen LogP contribution in [0.3, 0.4) is 0 Å². The number of nitrogens with two attached hydrogens (primary N) is 1. The molecule has 100 valence electrons. The lowest BCUT2D eigenvalue weighted by molar-refractivity contribution is 0.0937. The van der Waals surface area contributed by atoms with E-state index in [9.17, 15) is 9.18 Å². The molecule has 0 bridgehead atoms. The summed E-state index contributed by atoms with van der Waals surface area (Å²) in [5.74, 6) is -0.754. The lowest BCUT2D eigenvalue weighted by atomic mass is 9.94. The third-order valence-corrected chi connectivity index (χ3v) is 2.69. The molecule has 0 aromatic heterocycles. The highest BCUT2D eigenvalue weighted by Gasteiger charge is 2.17. The smallest absolute Gasteiger partial charge is 0.251 e. The minimum atomic E-state index is -0.553. The molecule has 0 unspecified atom stereocenters. The van der Waals surface area contributed by atoms with Crippen molar-refractivity contribution >= 4 is 5.91 Å². The summed E-state index contributed by atoms with van der Waals surface area (Å²) in [6.45, 7) is 4.80. The van der Waals surface area contributed by atoms with Crippen molar-refractivity contribution in [3.05, 3.63) is 29.6 Å². The fourth-order valence-corrected chi connectivity index (χ4v) is 1.30. The molecule has 4 nitrogen and oxygen atoms in total. The highest BCUT2D eigenvalue weighted by molar-refractivity contribution is 5.94. The molecule has 0 fully saturated rings. The Morgan fingerprint density at radius 1 is 1.50 bits per heavy atom. The van der Waals surface area contributed by atoms with Crippen molar-refractivity contribution in [2.24, 2.45) is 11.1 Å². The summed E-state index contributed by atoms with van der Waals surface area (Å²) in [4.78, 5) is 11.8. The summed E-state index contributed by atoms with van der Waals surface area (Å²) >= 11 is 0. The number of benzene rings is 1. The minimum absolute atomic E-state index is 0.119. The Balaban J connectivity index is 2.71. The van der Waals surface area contributed by atoms with Crippen molar-refractivity contribution in [1.82, 2.24) is 5.32 Å². The first-order valence-corrected chi connectivity index (χ1v) is 5.71. The first kappa shape index (κ1) is 14.4. The molecule has 0 aliphatic rings. The average Bonchev–Trinajstić information content (AvgIpc) is 2.36. The van der Waals surface area contributed by atoms with E-state index in [1.807, 2.05) is 13.8 Å². The molecule has 1 aromatic carbocycles. The summed E-state index contributed by atoms with van der Waals surface area (Å²) in [5.41, 5.74) is 5.65. The molecule has 0 spiro atoms. The zero-order valence-corrected chi connectivity index (χ0v) is 10.9. The molecular weight excluding hydrogens is 235 g/mol. The highest BCUT2D eigenvalue weighted by atomic mass is 19.1. The van der Waals surface area contributed by atoms with Crippen LogP contribution in [-0.4, -0.2) is 26.1 Å². The van der Waals surface area contributed by atoms with Crippen molar-refractivity contribution in [3.63, 3.8) is 0 Å². The summed E-state index contributed by atoms with van der Waals surface area (Å²) in [6, 6.07) is 4.11. The van der Waals surface area contributed by atoms with Gasteiger partial charge in [-0.2, -0.15) is 0 Å². The normalized spacial score (nSPS) is 11.2. The SMILES string of the molecule is COc1ccc(C(=O)NCC(C)(C)CN)cc1F. The number of hydrogen-bond donors (Lipinski definition) is 2. The second-order valence-electron chi connectivity index (χ2n) is 4.90. The first-order valence-electron chi connectivity index (χ1n) is 5.71. The Bertz CT molecular complexity index is 433. The summed E-state index contributed by atoms with van der Waals surface area (Å²) < 4.78 is 18.2. The van der Waals surface area contributed by atoms with Gasteiger partial charge in [-0.1, -0.05) is 13.8 Å². The monoisotopic (exact) mass is 254 g/mol. The van der Waals surface area contributed by atoms with Crippen molar-refractivity contribution < 1.29 is 13.9 Å². The largest absolute Gasteiger partial charge is 0.494 e. The molecule has 5 heteroatoms. The Morgan fingerprint density at radius 3 is 2.67 bits per heavy atom. The third kappa shape index (κ3) is 3.70. The van der Waals surface area contributed by atoms with Crippen LogP contribution < -0.4 is 15.8 Å². The number of carbonyl (C=O) groups excluding carboxylic acids is 1. The van der Waals surface area contributed by atoms with Crippen LogP contribution in [0.4, 0.5) is 4.39 Å². The van der Waals surface area contributed by atoms with Gasteiger partial charge in [0.1, 0.15) is 0 Å². The number of halogens is 1. The zero-order valence-electron chi connectivity index (χ0n) is 10.9. The van der Waals surface area contributed by atoms with Crippen molar-refractivity contribution in [2.45, 2.75) is 13.8 Å². The van der Waals surface area contributed by atoms with Gasteiger partial charge in [-0.15, -0.1) is 0 Å². The van der Waals surface area contributed by atoms with Crippen LogP contribution in [0.2, 0.25) is 0 Å². The van der Waals surface area contributed by atoms with E-state index in [-0.39, 0.29) is 22.6 Å². The van der Waals surface area contributed by atoms with Gasteiger partial charge in [0.25, 0.3) is 5.91 Å². The molecule has 0 heterocycles. The molecule has 3 N–H and O–H groups in total. The molecule has 0 aliphatic carbocycles. The van der Waals surface area contributed by atoms with E-state index < -0.39 is 5.82 Å². The maximum atomic E-state index is 13.4. The van der Waals surface area contributed by atoms with Crippen molar-refractivity contribution in [3.8, 4) is 5.75 Å². The first-order chi connectivity index (χ1) is 8.39. The van der Waals surface area contributed by atoms with Gasteiger partial charge in [0.2, 0.25) is 0 Å². The maximum Gasteiger partial charge on any atom is 0.251 e. The fourth-order valence-electron chi connectivity index (χ4n) is 1.30. The van der Waals surface area contributed by atoms with Crippen LogP contribution in [0.15, 0.2) is 18.2 Å². The van der Waals surface area contributed by atoms with Gasteiger partial charge in [0.15, 0.2) is 11.6 Å². The van der Waals surface area contributed by atoms with Gasteiger partial charge >= 0.3 is 0 Å². The quantitative estimate of drug-likeness (QED) is 0.838. The summed E-state index contributed by atoms with van der Waals surface area (Å²) in [7, 11) is 1.38. The van der Waals surface area contributed by atoms with Crippen LogP contribution in [0.25, 0.3) is 0 Å². The van der Waals surface area contributed by atoms with Crippen molar-refractivity contribution in [2.75, 3.05) is 20.2 Å². The average molecular weight is 254 g/mol. The van der Waals surface area contributed by atoms with Crippen LogP contribution in [0, 0.1) is 11.2 Å². The summed E-state index contributed by atoms with van der Waals surface area (Å²) in [5, 5.41) is 2.73. The topological polar surface area (TPSA) is 64.3 Å². The van der Waals surface area contributed by atoms with Crippen LogP contribution in [0.5, 0.6) is 5.75 Å². The Labute approximate surface area is 106 Å². The van der Waals surface area contributed by atoms with Gasteiger partial charge in [-0.25, -0.2) is 4.39 Å². The molecule has 1 rings (SSSR count). The van der Waals surface area contributed by atoms with E-state index in [4.69, 9.17) is 10.5 Å². The maximum absolute atomic E-state index is 13.4. The molecule has 18 heavy (non-hydrogen) atoms. The number of carbonyl (C=O) groups is 1. The van der Waals surface area contributed by atoms with E-state index in [0.717, 1.165) is 6.07 Å². The van der Waals surface area contributed by atoms with E-state index in [1.54, 1.807) is 0 Å². The van der Waals surface area contributed by atoms with Crippen LogP contribution >= 0.6 is 0 Å². The van der Waals surface area contributed by atoms with Gasteiger partial charge < -0.3 is 15.8 Å². The van der Waals surface area contributed by atoms with E-state index in [1.165, 1.54) is 19.2 Å². The Kier molecular flexibility index (Phi) is 4.67. The molecule has 1 aromatic rings. The summed E-state index contributed by atoms with van der Waals surface area (Å²) in [6.07, 6.45) is 0. The van der Waals surface area contributed by atoms with Gasteiger partial charge in [0.05, 0.1) is 7.11 Å². The Hall–Kier alpha value is -1.62. The third-order valence-electron chi connectivity index (χ3n) is 2.69. The zero-order chi connectivity index (χ0) is 13.8. The second kappa shape index (κ2) is 5.82. The lowest BCUT2D eigenvalue weighted by Crippen LogP contribution is -2.38. The Morgan fingerprint density at radius 2 is 2.17 bits per heavy atom. The number of ether oxygens (including phenoxy) is 1. The molecule has 1 amide bonds. The molecule has 0 saturated carbocycles. The molecule has 0 radical (unpaired) electrons. The fraction of sp³-hybridized carbons (Fsp3) is 0.462. The number of methoxy groups -OCH3 is 1. The standard InChI is InChI=1S/C13H19FN2O2/c1-13(2,7-15)8-16-12(17)9-4-5-11(18-3)10(14)6-9/h4-6H,7-8,15H2,1-3H3,(H,16,17). The van der Waals surface area contributed by atoms with Gasteiger partial charge in [0, 0.05) is 12.1 Å². The minimum Gasteiger partial charge on any atom is -0.494 e. The second-order valence-corrected chi connectivity index (χ2v) is 4.90. The van der Waals surface area contributed by atoms with Gasteiger partial charge in [-0.3, -0.25) is 4.79 Å². The number of amides is 1. The molecular formula is C13H19FN2O2.